The monoisotopic (exact) mass is 417 g/mol. The summed E-state index contributed by atoms with van der Waals surface area (Å²) >= 11 is 0. The molecule has 10 heteroatoms. The lowest BCUT2D eigenvalue weighted by Gasteiger charge is -2.28. The molecular formula is C20H27N5O5. The molecule has 0 spiro atoms. The summed E-state index contributed by atoms with van der Waals surface area (Å²) in [6, 6.07) is 0.285. The van der Waals surface area contributed by atoms with Crippen LogP contribution < -0.4 is 5.32 Å². The van der Waals surface area contributed by atoms with Crippen molar-refractivity contribution in [3.63, 3.8) is 0 Å². The smallest absolute Gasteiger partial charge is 0.167 e. The SMILES string of the molecule is C#CCOC[C@H]1O[C@@H](n2cnc3c(N[C@H]4CC[C@H](OC)CC4)ncnc32)[C@H](O)[C@@H]1O. The number of rotatable bonds is 7. The Morgan fingerprint density at radius 2 is 2.03 bits per heavy atom. The van der Waals surface area contributed by atoms with Crippen LogP contribution in [-0.4, -0.2) is 80.5 Å². The number of imidazole rings is 1. The third kappa shape index (κ3) is 4.12. The molecule has 3 N–H and O–H groups in total. The van der Waals surface area contributed by atoms with Crippen molar-refractivity contribution in [1.82, 2.24) is 19.5 Å². The zero-order valence-electron chi connectivity index (χ0n) is 16.8. The van der Waals surface area contributed by atoms with E-state index in [1.54, 1.807) is 11.7 Å². The molecule has 2 aromatic heterocycles. The Hall–Kier alpha value is -2.29. The van der Waals surface area contributed by atoms with E-state index in [2.05, 4.69) is 26.2 Å². The third-order valence-corrected chi connectivity index (χ3v) is 5.79. The molecule has 1 saturated heterocycles. The number of aliphatic hydroxyl groups excluding tert-OH is 2. The van der Waals surface area contributed by atoms with Crippen LogP contribution in [0.4, 0.5) is 5.82 Å². The fourth-order valence-electron chi connectivity index (χ4n) is 4.11. The minimum Gasteiger partial charge on any atom is -0.387 e. The van der Waals surface area contributed by atoms with Gasteiger partial charge in [0.15, 0.2) is 23.2 Å². The average Bonchev–Trinajstić information content (AvgIpc) is 3.31. The van der Waals surface area contributed by atoms with Gasteiger partial charge in [0, 0.05) is 13.2 Å². The van der Waals surface area contributed by atoms with Crippen LogP contribution in [0.3, 0.4) is 0 Å². The van der Waals surface area contributed by atoms with Gasteiger partial charge >= 0.3 is 0 Å². The molecule has 30 heavy (non-hydrogen) atoms. The lowest BCUT2D eigenvalue weighted by Crippen LogP contribution is -2.33. The standard InChI is InChI=1S/C20H27N5O5/c1-3-8-29-9-14-16(26)17(27)20(30-14)25-11-23-15-18(21-10-22-19(15)25)24-12-4-6-13(28-2)7-5-12/h1,10-14,16-17,20,26-27H,4-9H2,2H3,(H,21,22,24)/t12-,13-,14-,16-,17-,20-/m1/s1. The van der Waals surface area contributed by atoms with E-state index < -0.39 is 24.5 Å². The first-order chi connectivity index (χ1) is 14.6. The number of fused-ring (bicyclic) bond motifs is 1. The number of methoxy groups -OCH3 is 1. The number of anilines is 1. The van der Waals surface area contributed by atoms with Gasteiger partial charge in [-0.2, -0.15) is 0 Å². The first kappa shape index (κ1) is 21.0. The maximum Gasteiger partial charge on any atom is 0.167 e. The van der Waals surface area contributed by atoms with Gasteiger partial charge in [-0.25, -0.2) is 15.0 Å². The van der Waals surface area contributed by atoms with E-state index in [-0.39, 0.29) is 19.3 Å². The van der Waals surface area contributed by atoms with Crippen molar-refractivity contribution < 1.29 is 24.4 Å². The molecule has 0 unspecified atom stereocenters. The van der Waals surface area contributed by atoms with Gasteiger partial charge in [-0.05, 0) is 25.7 Å². The van der Waals surface area contributed by atoms with Crippen LogP contribution in [0.25, 0.3) is 11.2 Å². The highest BCUT2D eigenvalue weighted by Crippen LogP contribution is 2.33. The number of hydrogen-bond donors (Lipinski definition) is 3. The summed E-state index contributed by atoms with van der Waals surface area (Å²) in [6.07, 6.45) is 8.64. The number of nitrogens with one attached hydrogen (secondary N) is 1. The van der Waals surface area contributed by atoms with E-state index in [9.17, 15) is 10.2 Å². The largest absolute Gasteiger partial charge is 0.387 e. The average molecular weight is 417 g/mol. The molecule has 2 aliphatic rings. The second-order valence-corrected chi connectivity index (χ2v) is 7.67. The Morgan fingerprint density at radius 3 is 2.77 bits per heavy atom. The van der Waals surface area contributed by atoms with E-state index in [4.69, 9.17) is 20.6 Å². The van der Waals surface area contributed by atoms with Crippen molar-refractivity contribution >= 4 is 17.0 Å². The molecule has 1 aliphatic heterocycles. The zero-order chi connectivity index (χ0) is 21.1. The Balaban J connectivity index is 1.50. The van der Waals surface area contributed by atoms with Gasteiger partial charge in [-0.3, -0.25) is 4.57 Å². The summed E-state index contributed by atoms with van der Waals surface area (Å²) in [5, 5.41) is 24.3. The lowest BCUT2D eigenvalue weighted by molar-refractivity contribution is -0.0615. The van der Waals surface area contributed by atoms with E-state index in [0.29, 0.717) is 23.1 Å². The van der Waals surface area contributed by atoms with Gasteiger partial charge < -0.3 is 29.7 Å². The molecule has 2 fully saturated rings. The number of aliphatic hydroxyl groups is 2. The van der Waals surface area contributed by atoms with Gasteiger partial charge in [0.05, 0.1) is 19.0 Å². The molecule has 1 saturated carbocycles. The van der Waals surface area contributed by atoms with Crippen LogP contribution in [-0.2, 0) is 14.2 Å². The van der Waals surface area contributed by atoms with E-state index >= 15 is 0 Å². The molecule has 2 aromatic rings. The molecule has 3 heterocycles. The third-order valence-electron chi connectivity index (χ3n) is 5.79. The van der Waals surface area contributed by atoms with Gasteiger partial charge in [-0.15, -0.1) is 6.42 Å². The van der Waals surface area contributed by atoms with Gasteiger partial charge in [0.2, 0.25) is 0 Å². The van der Waals surface area contributed by atoms with E-state index in [1.807, 2.05) is 0 Å². The molecule has 0 aromatic carbocycles. The molecule has 1 aliphatic carbocycles. The predicted molar refractivity (Wildman–Crippen MR) is 108 cm³/mol. The number of hydrogen-bond acceptors (Lipinski definition) is 9. The van der Waals surface area contributed by atoms with Crippen molar-refractivity contribution in [2.24, 2.45) is 0 Å². The molecular weight excluding hydrogens is 390 g/mol. The highest BCUT2D eigenvalue weighted by atomic mass is 16.6. The summed E-state index contributed by atoms with van der Waals surface area (Å²) in [5.74, 6) is 3.00. The molecule has 10 nitrogen and oxygen atoms in total. The van der Waals surface area contributed by atoms with E-state index in [1.165, 1.54) is 12.7 Å². The van der Waals surface area contributed by atoms with Crippen molar-refractivity contribution in [1.29, 1.82) is 0 Å². The van der Waals surface area contributed by atoms with Gasteiger partial charge in [0.1, 0.15) is 31.2 Å². The maximum atomic E-state index is 10.5. The number of terminal acetylenes is 1. The summed E-state index contributed by atoms with van der Waals surface area (Å²) < 4.78 is 18.1. The first-order valence-electron chi connectivity index (χ1n) is 10.1. The fraction of sp³-hybridized carbons (Fsp3) is 0.650. The molecule has 4 atom stereocenters. The Morgan fingerprint density at radius 1 is 1.23 bits per heavy atom. The number of aromatic nitrogens is 4. The molecule has 0 amide bonds. The summed E-state index contributed by atoms with van der Waals surface area (Å²) in [4.78, 5) is 13.1. The minimum absolute atomic E-state index is 0.0808. The molecule has 162 valence electrons. The first-order valence-corrected chi connectivity index (χ1v) is 10.1. The lowest BCUT2D eigenvalue weighted by atomic mass is 9.93. The Labute approximate surface area is 174 Å². The quantitative estimate of drug-likeness (QED) is 0.435. The summed E-state index contributed by atoms with van der Waals surface area (Å²) in [6.45, 7) is 0.188. The number of ether oxygens (including phenoxy) is 3. The molecule has 0 bridgehead atoms. The fourth-order valence-corrected chi connectivity index (χ4v) is 4.11. The van der Waals surface area contributed by atoms with Crippen molar-refractivity contribution in [3.8, 4) is 12.3 Å². The Kier molecular flexibility index (Phi) is 6.46. The minimum atomic E-state index is -1.16. The molecule has 0 radical (unpaired) electrons. The predicted octanol–water partition coefficient (Wildman–Crippen LogP) is 0.465. The second-order valence-electron chi connectivity index (χ2n) is 7.67. The van der Waals surface area contributed by atoms with Crippen LogP contribution >= 0.6 is 0 Å². The number of nitrogens with zero attached hydrogens (tertiary/aromatic N) is 4. The highest BCUT2D eigenvalue weighted by molar-refractivity contribution is 5.82. The highest BCUT2D eigenvalue weighted by Gasteiger charge is 2.44. The van der Waals surface area contributed by atoms with Crippen LogP contribution in [0.15, 0.2) is 12.7 Å². The van der Waals surface area contributed by atoms with Crippen molar-refractivity contribution in [3.05, 3.63) is 12.7 Å². The Bertz CT molecular complexity index is 891. The van der Waals surface area contributed by atoms with Crippen molar-refractivity contribution in [2.45, 2.75) is 62.4 Å². The van der Waals surface area contributed by atoms with Crippen LogP contribution in [0.1, 0.15) is 31.9 Å². The van der Waals surface area contributed by atoms with Gasteiger partial charge in [-0.1, -0.05) is 5.92 Å². The normalized spacial score (nSPS) is 31.7. The molecule has 4 rings (SSSR count). The van der Waals surface area contributed by atoms with E-state index in [0.717, 1.165) is 25.7 Å². The van der Waals surface area contributed by atoms with Crippen molar-refractivity contribution in [2.75, 3.05) is 25.6 Å². The summed E-state index contributed by atoms with van der Waals surface area (Å²) in [7, 11) is 1.75. The van der Waals surface area contributed by atoms with Crippen LogP contribution in [0, 0.1) is 12.3 Å². The topological polar surface area (TPSA) is 124 Å². The van der Waals surface area contributed by atoms with Crippen LogP contribution in [0.2, 0.25) is 0 Å². The summed E-state index contributed by atoms with van der Waals surface area (Å²) in [5.41, 5.74) is 1.10. The van der Waals surface area contributed by atoms with Gasteiger partial charge in [0.25, 0.3) is 0 Å². The zero-order valence-corrected chi connectivity index (χ0v) is 16.8. The second kappa shape index (κ2) is 9.24. The van der Waals surface area contributed by atoms with Crippen LogP contribution in [0.5, 0.6) is 0 Å². The maximum absolute atomic E-state index is 10.5.